The summed E-state index contributed by atoms with van der Waals surface area (Å²) in [5.74, 6) is -0.572. The Kier molecular flexibility index (Phi) is 6.38. The first-order valence-corrected chi connectivity index (χ1v) is 7.55. The number of nitriles is 1. The van der Waals surface area contributed by atoms with Gasteiger partial charge in [-0.15, -0.1) is 0 Å². The number of carbonyl (C=O) groups is 1. The third-order valence-electron chi connectivity index (χ3n) is 3.33. The van der Waals surface area contributed by atoms with Crippen molar-refractivity contribution in [3.63, 3.8) is 0 Å². The van der Waals surface area contributed by atoms with E-state index in [1.54, 1.807) is 4.90 Å². The fourth-order valence-corrected chi connectivity index (χ4v) is 2.22. The van der Waals surface area contributed by atoms with Gasteiger partial charge in [-0.25, -0.2) is 9.18 Å². The van der Waals surface area contributed by atoms with Crippen LogP contribution in [0.3, 0.4) is 0 Å². The van der Waals surface area contributed by atoms with Crippen LogP contribution in [0.1, 0.15) is 27.7 Å². The van der Waals surface area contributed by atoms with Crippen LogP contribution in [0.25, 0.3) is 0 Å². The predicted molar refractivity (Wildman–Crippen MR) is 87.1 cm³/mol. The largest absolute Gasteiger partial charge is 0.444 e. The Morgan fingerprint density at radius 3 is 2.17 bits per heavy atom. The number of rotatable bonds is 3. The van der Waals surface area contributed by atoms with Gasteiger partial charge in [0.2, 0.25) is 0 Å². The van der Waals surface area contributed by atoms with Crippen molar-refractivity contribution >= 4 is 6.09 Å². The number of hydrogen-bond acceptors (Lipinski definition) is 4. The average Bonchev–Trinajstić information content (AvgIpc) is 2.50. The first-order valence-electron chi connectivity index (χ1n) is 7.55. The van der Waals surface area contributed by atoms with Gasteiger partial charge in [-0.3, -0.25) is 0 Å². The Labute approximate surface area is 137 Å². The number of piperazine rings is 1. The van der Waals surface area contributed by atoms with Gasteiger partial charge in [0, 0.05) is 26.2 Å². The van der Waals surface area contributed by atoms with Crippen molar-refractivity contribution in [2.24, 2.45) is 0 Å². The molecule has 1 fully saturated rings. The molecule has 0 aliphatic carbocycles. The summed E-state index contributed by atoms with van der Waals surface area (Å²) in [5.41, 5.74) is -0.121. The maximum atomic E-state index is 13.8. The van der Waals surface area contributed by atoms with Gasteiger partial charge < -0.3 is 14.5 Å². The van der Waals surface area contributed by atoms with Crippen LogP contribution in [0.15, 0.2) is 35.8 Å². The smallest absolute Gasteiger partial charge is 0.410 e. The van der Waals surface area contributed by atoms with E-state index in [9.17, 15) is 14.4 Å². The highest BCUT2D eigenvalue weighted by Crippen LogP contribution is 2.21. The van der Waals surface area contributed by atoms with Gasteiger partial charge in [-0.1, -0.05) is 12.7 Å². The molecule has 1 heterocycles. The van der Waals surface area contributed by atoms with Crippen molar-refractivity contribution in [2.45, 2.75) is 33.3 Å². The Hall–Kier alpha value is -2.29. The van der Waals surface area contributed by atoms with Gasteiger partial charge in [-0.2, -0.15) is 5.26 Å². The van der Waals surface area contributed by atoms with E-state index in [1.165, 1.54) is 19.1 Å². The summed E-state index contributed by atoms with van der Waals surface area (Å²) in [7, 11) is 0. The fraction of sp³-hybridized carbons (Fsp3) is 0.529. The quantitative estimate of drug-likeness (QED) is 0.591. The summed E-state index contributed by atoms with van der Waals surface area (Å²) < 4.78 is 19.1. The Bertz CT molecular complexity index is 559. The second-order valence-electron chi connectivity index (χ2n) is 6.17. The summed E-state index contributed by atoms with van der Waals surface area (Å²) in [6.45, 7) is 12.5. The molecule has 0 saturated carbocycles. The number of nitrogens with zero attached hydrogens (tertiary/aromatic N) is 3. The molecule has 0 radical (unpaired) electrons. The molecule has 5 nitrogen and oxygen atoms in total. The molecule has 0 atom stereocenters. The Morgan fingerprint density at radius 1 is 1.26 bits per heavy atom. The van der Waals surface area contributed by atoms with E-state index in [1.807, 2.05) is 31.7 Å². The molecule has 1 saturated heterocycles. The van der Waals surface area contributed by atoms with Crippen molar-refractivity contribution in [3.8, 4) is 6.07 Å². The van der Waals surface area contributed by atoms with E-state index in [4.69, 9.17) is 4.74 Å². The van der Waals surface area contributed by atoms with Crippen LogP contribution in [0.2, 0.25) is 0 Å². The number of carbonyl (C=O) groups excluding carboxylic acids is 1. The first-order chi connectivity index (χ1) is 10.7. The molecule has 1 aliphatic rings. The minimum absolute atomic E-state index is 0.0341. The topological polar surface area (TPSA) is 56.6 Å². The normalized spacial score (nSPS) is 17.3. The number of hydrogen-bond donors (Lipinski definition) is 0. The molecular formula is C17H24FN3O2. The fourth-order valence-electron chi connectivity index (χ4n) is 2.22. The highest BCUT2D eigenvalue weighted by molar-refractivity contribution is 5.68. The zero-order valence-corrected chi connectivity index (χ0v) is 14.2. The average molecular weight is 321 g/mol. The number of allylic oxidation sites excluding steroid dienone is 4. The molecule has 6 heteroatoms. The number of halogens is 1. The molecule has 1 aliphatic heterocycles. The standard InChI is InChI=1S/C17H24FN3O2/c1-6-14(18)13(12-19)15(7-2)20-8-10-21(11-9-20)16(22)23-17(3,4)5/h6-7H,2,8-11H2,1,3-5H3/b14-6+,15-13+. The molecule has 0 aromatic rings. The number of ether oxygens (including phenoxy) is 1. The van der Waals surface area contributed by atoms with Gasteiger partial charge >= 0.3 is 6.09 Å². The van der Waals surface area contributed by atoms with E-state index in [0.717, 1.165) is 0 Å². The SMILES string of the molecule is C=C/C(=C(C#N)\C(F)=C/C)N1CCN(C(=O)OC(C)(C)C)CC1. The Balaban J connectivity index is 2.82. The van der Waals surface area contributed by atoms with Crippen molar-refractivity contribution in [3.05, 3.63) is 35.8 Å². The van der Waals surface area contributed by atoms with Crippen LogP contribution >= 0.6 is 0 Å². The van der Waals surface area contributed by atoms with Crippen LogP contribution < -0.4 is 0 Å². The molecule has 126 valence electrons. The van der Waals surface area contributed by atoms with E-state index in [-0.39, 0.29) is 11.7 Å². The third-order valence-corrected chi connectivity index (χ3v) is 3.33. The van der Waals surface area contributed by atoms with Crippen LogP contribution in [-0.4, -0.2) is 47.7 Å². The lowest BCUT2D eigenvalue weighted by atomic mass is 10.1. The summed E-state index contributed by atoms with van der Waals surface area (Å²) in [6.07, 6.45) is 2.37. The second-order valence-corrected chi connectivity index (χ2v) is 6.17. The third kappa shape index (κ3) is 5.13. The van der Waals surface area contributed by atoms with Gasteiger partial charge in [-0.05, 0) is 33.8 Å². The maximum absolute atomic E-state index is 13.8. The van der Waals surface area contributed by atoms with E-state index in [0.29, 0.717) is 31.9 Å². The molecule has 0 unspecified atom stereocenters. The minimum Gasteiger partial charge on any atom is -0.444 e. The summed E-state index contributed by atoms with van der Waals surface area (Å²) >= 11 is 0. The van der Waals surface area contributed by atoms with Crippen molar-refractivity contribution in [1.29, 1.82) is 5.26 Å². The van der Waals surface area contributed by atoms with Crippen LogP contribution in [0.5, 0.6) is 0 Å². The highest BCUT2D eigenvalue weighted by Gasteiger charge is 2.27. The van der Waals surface area contributed by atoms with Gasteiger partial charge in [0.05, 0.1) is 5.70 Å². The summed E-state index contributed by atoms with van der Waals surface area (Å²) in [6, 6.07) is 1.88. The van der Waals surface area contributed by atoms with Crippen LogP contribution in [-0.2, 0) is 4.74 Å². The molecule has 0 aromatic carbocycles. The van der Waals surface area contributed by atoms with Gasteiger partial charge in [0.1, 0.15) is 23.1 Å². The molecule has 0 bridgehead atoms. The van der Waals surface area contributed by atoms with Crippen molar-refractivity contribution in [2.75, 3.05) is 26.2 Å². The zero-order chi connectivity index (χ0) is 17.6. The van der Waals surface area contributed by atoms with E-state index >= 15 is 0 Å². The predicted octanol–water partition coefficient (Wildman–Crippen LogP) is 3.38. The van der Waals surface area contributed by atoms with Gasteiger partial charge in [0.15, 0.2) is 0 Å². The molecule has 0 N–H and O–H groups in total. The van der Waals surface area contributed by atoms with Crippen LogP contribution in [0.4, 0.5) is 9.18 Å². The number of amides is 1. The zero-order valence-electron chi connectivity index (χ0n) is 14.2. The maximum Gasteiger partial charge on any atom is 0.410 e. The lowest BCUT2D eigenvalue weighted by Crippen LogP contribution is -2.49. The van der Waals surface area contributed by atoms with E-state index < -0.39 is 11.4 Å². The minimum atomic E-state index is -0.572. The highest BCUT2D eigenvalue weighted by atomic mass is 19.1. The van der Waals surface area contributed by atoms with E-state index in [2.05, 4.69) is 6.58 Å². The molecule has 1 rings (SSSR count). The lowest BCUT2D eigenvalue weighted by molar-refractivity contribution is 0.0171. The monoisotopic (exact) mass is 321 g/mol. The molecular weight excluding hydrogens is 297 g/mol. The summed E-state index contributed by atoms with van der Waals surface area (Å²) in [4.78, 5) is 15.5. The summed E-state index contributed by atoms with van der Waals surface area (Å²) in [5, 5.41) is 9.18. The van der Waals surface area contributed by atoms with Crippen molar-refractivity contribution < 1.29 is 13.9 Å². The van der Waals surface area contributed by atoms with Crippen molar-refractivity contribution in [1.82, 2.24) is 9.80 Å². The van der Waals surface area contributed by atoms with Crippen LogP contribution in [0, 0.1) is 11.3 Å². The first kappa shape index (κ1) is 18.8. The van der Waals surface area contributed by atoms with Gasteiger partial charge in [0.25, 0.3) is 0 Å². The lowest BCUT2D eigenvalue weighted by Gasteiger charge is -2.37. The molecule has 1 amide bonds. The molecule has 0 spiro atoms. The molecule has 23 heavy (non-hydrogen) atoms. The molecule has 0 aromatic heterocycles. The Morgan fingerprint density at radius 2 is 1.78 bits per heavy atom. The second kappa shape index (κ2) is 7.82.